The van der Waals surface area contributed by atoms with Gasteiger partial charge in [0.15, 0.2) is 0 Å². The van der Waals surface area contributed by atoms with E-state index in [1.807, 2.05) is 6.07 Å². The van der Waals surface area contributed by atoms with Crippen molar-refractivity contribution in [3.05, 3.63) is 58.6 Å². The molecule has 0 unspecified atom stereocenters. The number of halogens is 1. The highest BCUT2D eigenvalue weighted by Gasteiger charge is 2.04. The summed E-state index contributed by atoms with van der Waals surface area (Å²) in [6.45, 7) is 6.19. The molecule has 2 heteroatoms. The van der Waals surface area contributed by atoms with E-state index in [9.17, 15) is 0 Å². The fourth-order valence-corrected chi connectivity index (χ4v) is 2.41. The minimum absolute atomic E-state index is 0.827. The van der Waals surface area contributed by atoms with E-state index in [2.05, 4.69) is 55.6 Å². The van der Waals surface area contributed by atoms with Gasteiger partial charge in [-0.2, -0.15) is 0 Å². The zero-order chi connectivity index (χ0) is 14.4. The van der Waals surface area contributed by atoms with Gasteiger partial charge in [-0.25, -0.2) is 0 Å². The van der Waals surface area contributed by atoms with Crippen LogP contribution in [0.25, 0.3) is 11.1 Å². The SMILES string of the molecule is CCCNCc1cc(-c2ccc(CC)cc2)ccc1Cl. The minimum Gasteiger partial charge on any atom is -0.313 e. The van der Waals surface area contributed by atoms with E-state index in [-0.39, 0.29) is 0 Å². The molecule has 0 aromatic heterocycles. The third kappa shape index (κ3) is 3.84. The molecule has 0 radical (unpaired) electrons. The number of aryl methyl sites for hydroxylation is 1. The van der Waals surface area contributed by atoms with Crippen LogP contribution < -0.4 is 5.32 Å². The molecule has 0 atom stereocenters. The van der Waals surface area contributed by atoms with Gasteiger partial charge in [-0.05, 0) is 53.8 Å². The first-order chi connectivity index (χ1) is 9.74. The van der Waals surface area contributed by atoms with Crippen molar-refractivity contribution in [2.75, 3.05) is 6.54 Å². The first-order valence-corrected chi connectivity index (χ1v) is 7.70. The van der Waals surface area contributed by atoms with Crippen LogP contribution in [0.4, 0.5) is 0 Å². The largest absolute Gasteiger partial charge is 0.313 e. The molecule has 0 aliphatic heterocycles. The average molecular weight is 288 g/mol. The molecule has 2 rings (SSSR count). The van der Waals surface area contributed by atoms with Crippen molar-refractivity contribution in [1.82, 2.24) is 5.32 Å². The molecule has 20 heavy (non-hydrogen) atoms. The standard InChI is InChI=1S/C18H22ClN/c1-3-11-20-13-17-12-16(9-10-18(17)19)15-7-5-14(4-2)6-8-15/h5-10,12,20H,3-4,11,13H2,1-2H3. The van der Waals surface area contributed by atoms with Crippen LogP contribution in [0.2, 0.25) is 5.02 Å². The van der Waals surface area contributed by atoms with E-state index in [1.165, 1.54) is 16.7 Å². The van der Waals surface area contributed by atoms with E-state index < -0.39 is 0 Å². The Bertz CT molecular complexity index is 546. The normalized spacial score (nSPS) is 10.8. The van der Waals surface area contributed by atoms with Gasteiger partial charge in [-0.3, -0.25) is 0 Å². The number of nitrogens with one attached hydrogen (secondary N) is 1. The Balaban J connectivity index is 2.20. The molecule has 0 bridgehead atoms. The van der Waals surface area contributed by atoms with Gasteiger partial charge in [0.1, 0.15) is 0 Å². The van der Waals surface area contributed by atoms with Crippen LogP contribution in [-0.4, -0.2) is 6.54 Å². The number of hydrogen-bond donors (Lipinski definition) is 1. The van der Waals surface area contributed by atoms with Crippen molar-refractivity contribution in [2.45, 2.75) is 33.2 Å². The van der Waals surface area contributed by atoms with Crippen molar-refractivity contribution < 1.29 is 0 Å². The molecule has 0 aliphatic carbocycles. The topological polar surface area (TPSA) is 12.0 Å². The van der Waals surface area contributed by atoms with Crippen LogP contribution in [0.3, 0.4) is 0 Å². The quantitative estimate of drug-likeness (QED) is 0.732. The van der Waals surface area contributed by atoms with Crippen LogP contribution in [0, 0.1) is 0 Å². The summed E-state index contributed by atoms with van der Waals surface area (Å²) in [6.07, 6.45) is 2.21. The second-order valence-electron chi connectivity index (χ2n) is 5.03. The number of rotatable bonds is 6. The number of benzene rings is 2. The lowest BCUT2D eigenvalue weighted by Crippen LogP contribution is -2.14. The summed E-state index contributed by atoms with van der Waals surface area (Å²) in [5.41, 5.74) is 5.01. The smallest absolute Gasteiger partial charge is 0.0451 e. The van der Waals surface area contributed by atoms with E-state index >= 15 is 0 Å². The second-order valence-corrected chi connectivity index (χ2v) is 5.44. The van der Waals surface area contributed by atoms with Gasteiger partial charge in [-0.1, -0.05) is 55.8 Å². The summed E-state index contributed by atoms with van der Waals surface area (Å²) in [4.78, 5) is 0. The summed E-state index contributed by atoms with van der Waals surface area (Å²) in [5.74, 6) is 0. The lowest BCUT2D eigenvalue weighted by atomic mass is 10.0. The first kappa shape index (κ1) is 15.1. The molecule has 106 valence electrons. The highest BCUT2D eigenvalue weighted by atomic mass is 35.5. The lowest BCUT2D eigenvalue weighted by Gasteiger charge is -2.09. The second kappa shape index (κ2) is 7.47. The van der Waals surface area contributed by atoms with Gasteiger partial charge in [0.2, 0.25) is 0 Å². The summed E-state index contributed by atoms with van der Waals surface area (Å²) < 4.78 is 0. The molecular formula is C18H22ClN. The van der Waals surface area contributed by atoms with Crippen molar-refractivity contribution in [3.63, 3.8) is 0 Å². The Kier molecular flexibility index (Phi) is 5.63. The third-order valence-electron chi connectivity index (χ3n) is 3.48. The Morgan fingerprint density at radius 1 is 0.950 bits per heavy atom. The molecule has 2 aromatic carbocycles. The summed E-state index contributed by atoms with van der Waals surface area (Å²) in [7, 11) is 0. The molecule has 0 fully saturated rings. The highest BCUT2D eigenvalue weighted by Crippen LogP contribution is 2.25. The maximum Gasteiger partial charge on any atom is 0.0451 e. The van der Waals surface area contributed by atoms with E-state index in [0.29, 0.717) is 0 Å². The van der Waals surface area contributed by atoms with Crippen molar-refractivity contribution >= 4 is 11.6 Å². The predicted molar refractivity (Wildman–Crippen MR) is 88.3 cm³/mol. The Labute approximate surface area is 127 Å². The molecular weight excluding hydrogens is 266 g/mol. The molecule has 0 aliphatic rings. The van der Waals surface area contributed by atoms with Crippen LogP contribution >= 0.6 is 11.6 Å². The van der Waals surface area contributed by atoms with Crippen LogP contribution in [0.1, 0.15) is 31.4 Å². The summed E-state index contributed by atoms with van der Waals surface area (Å²) >= 11 is 6.27. The maximum atomic E-state index is 6.27. The summed E-state index contributed by atoms with van der Waals surface area (Å²) in [6, 6.07) is 15.0. The third-order valence-corrected chi connectivity index (χ3v) is 3.85. The highest BCUT2D eigenvalue weighted by molar-refractivity contribution is 6.31. The van der Waals surface area contributed by atoms with Gasteiger partial charge in [0, 0.05) is 11.6 Å². The predicted octanol–water partition coefficient (Wildman–Crippen LogP) is 5.07. The zero-order valence-corrected chi connectivity index (χ0v) is 13.0. The maximum absolute atomic E-state index is 6.27. The Morgan fingerprint density at radius 3 is 2.30 bits per heavy atom. The van der Waals surface area contributed by atoms with E-state index in [4.69, 9.17) is 11.6 Å². The monoisotopic (exact) mass is 287 g/mol. The lowest BCUT2D eigenvalue weighted by molar-refractivity contribution is 0.676. The van der Waals surface area contributed by atoms with Gasteiger partial charge < -0.3 is 5.32 Å². The molecule has 1 nitrogen and oxygen atoms in total. The fraction of sp³-hybridized carbons (Fsp3) is 0.333. The summed E-state index contributed by atoms with van der Waals surface area (Å²) in [5, 5.41) is 4.24. The molecule has 1 N–H and O–H groups in total. The van der Waals surface area contributed by atoms with Crippen LogP contribution in [-0.2, 0) is 13.0 Å². The van der Waals surface area contributed by atoms with Crippen molar-refractivity contribution in [3.8, 4) is 11.1 Å². The van der Waals surface area contributed by atoms with Gasteiger partial charge in [0.25, 0.3) is 0 Å². The number of hydrogen-bond acceptors (Lipinski definition) is 1. The Hall–Kier alpha value is -1.31. The minimum atomic E-state index is 0.827. The van der Waals surface area contributed by atoms with Crippen molar-refractivity contribution in [2.24, 2.45) is 0 Å². The van der Waals surface area contributed by atoms with Crippen molar-refractivity contribution in [1.29, 1.82) is 0 Å². The van der Waals surface area contributed by atoms with Gasteiger partial charge in [0.05, 0.1) is 0 Å². The van der Waals surface area contributed by atoms with E-state index in [0.717, 1.165) is 36.5 Å². The zero-order valence-electron chi connectivity index (χ0n) is 12.2. The average Bonchev–Trinajstić information content (AvgIpc) is 2.49. The van der Waals surface area contributed by atoms with Crippen LogP contribution in [0.5, 0.6) is 0 Å². The Morgan fingerprint density at radius 2 is 1.65 bits per heavy atom. The molecule has 2 aromatic rings. The molecule has 0 amide bonds. The molecule has 0 spiro atoms. The molecule has 0 saturated carbocycles. The van der Waals surface area contributed by atoms with Crippen LogP contribution in [0.15, 0.2) is 42.5 Å². The first-order valence-electron chi connectivity index (χ1n) is 7.33. The molecule has 0 saturated heterocycles. The molecule has 0 heterocycles. The van der Waals surface area contributed by atoms with Gasteiger partial charge >= 0.3 is 0 Å². The van der Waals surface area contributed by atoms with E-state index in [1.54, 1.807) is 0 Å². The van der Waals surface area contributed by atoms with Gasteiger partial charge in [-0.15, -0.1) is 0 Å². The fourth-order valence-electron chi connectivity index (χ4n) is 2.22.